The second kappa shape index (κ2) is 6.30. The summed E-state index contributed by atoms with van der Waals surface area (Å²) in [7, 11) is 0. The third-order valence-corrected chi connectivity index (χ3v) is 4.75. The third kappa shape index (κ3) is 3.42. The van der Waals surface area contributed by atoms with Crippen LogP contribution in [0.4, 0.5) is 0 Å². The summed E-state index contributed by atoms with van der Waals surface area (Å²) in [5.41, 5.74) is 0.985. The number of nitrogens with one attached hydrogen (secondary N) is 1. The van der Waals surface area contributed by atoms with Gasteiger partial charge < -0.3 is 5.32 Å². The maximum absolute atomic E-state index is 12.2. The highest BCUT2D eigenvalue weighted by molar-refractivity contribution is 7.11. The highest BCUT2D eigenvalue weighted by Crippen LogP contribution is 2.23. The molecular formula is C14H18N2OS2. The number of hydrogen-bond donors (Lipinski definition) is 1. The molecule has 0 aliphatic carbocycles. The molecule has 2 heterocycles. The fourth-order valence-corrected chi connectivity index (χ4v) is 3.48. The lowest BCUT2D eigenvalue weighted by Crippen LogP contribution is -2.27. The summed E-state index contributed by atoms with van der Waals surface area (Å²) in [6, 6.07) is 4.15. The van der Waals surface area contributed by atoms with Crippen LogP contribution >= 0.6 is 22.7 Å². The monoisotopic (exact) mass is 294 g/mol. The molecule has 0 saturated heterocycles. The Hall–Kier alpha value is -1.20. The Labute approximate surface area is 121 Å². The van der Waals surface area contributed by atoms with Gasteiger partial charge in [0.15, 0.2) is 5.01 Å². The zero-order chi connectivity index (χ0) is 13.8. The average Bonchev–Trinajstić information content (AvgIpc) is 3.05. The molecule has 1 N–H and O–H groups in total. The molecule has 1 amide bonds. The van der Waals surface area contributed by atoms with Crippen molar-refractivity contribution in [2.24, 2.45) is 0 Å². The van der Waals surface area contributed by atoms with Crippen LogP contribution in [-0.2, 0) is 0 Å². The fraction of sp³-hybridized carbons (Fsp3) is 0.429. The van der Waals surface area contributed by atoms with Crippen molar-refractivity contribution in [1.29, 1.82) is 0 Å². The number of amides is 1. The van der Waals surface area contributed by atoms with Crippen molar-refractivity contribution in [3.05, 3.63) is 38.5 Å². The van der Waals surface area contributed by atoms with E-state index in [0.717, 1.165) is 12.1 Å². The van der Waals surface area contributed by atoms with Gasteiger partial charge in [0.05, 0.1) is 11.7 Å². The second-order valence-corrected chi connectivity index (χ2v) is 6.52. The summed E-state index contributed by atoms with van der Waals surface area (Å²) in [6.45, 7) is 6.24. The van der Waals surface area contributed by atoms with E-state index >= 15 is 0 Å². The number of hydrogen-bond acceptors (Lipinski definition) is 4. The number of carbonyl (C=O) groups is 1. The topological polar surface area (TPSA) is 42.0 Å². The first kappa shape index (κ1) is 14.2. The van der Waals surface area contributed by atoms with Crippen LogP contribution in [0.25, 0.3) is 0 Å². The largest absolute Gasteiger partial charge is 0.342 e. The van der Waals surface area contributed by atoms with Crippen molar-refractivity contribution < 1.29 is 4.79 Å². The van der Waals surface area contributed by atoms with E-state index in [1.165, 1.54) is 16.2 Å². The molecule has 5 heteroatoms. The fourth-order valence-electron chi connectivity index (χ4n) is 1.74. The molecule has 0 spiro atoms. The Morgan fingerprint density at radius 2 is 2.21 bits per heavy atom. The predicted octanol–water partition coefficient (Wildman–Crippen LogP) is 4.21. The minimum atomic E-state index is -0.0721. The molecule has 0 bridgehead atoms. The van der Waals surface area contributed by atoms with Crippen molar-refractivity contribution in [2.75, 3.05) is 0 Å². The van der Waals surface area contributed by atoms with Crippen molar-refractivity contribution in [3.63, 3.8) is 0 Å². The molecule has 0 aliphatic rings. The summed E-state index contributed by atoms with van der Waals surface area (Å²) in [5, 5.41) is 7.61. The Bertz CT molecular complexity index is 531. The van der Waals surface area contributed by atoms with E-state index in [9.17, 15) is 4.79 Å². The molecule has 1 unspecified atom stereocenters. The van der Waals surface area contributed by atoms with E-state index in [-0.39, 0.29) is 11.9 Å². The Kier molecular flexibility index (Phi) is 4.71. The Balaban J connectivity index is 2.07. The van der Waals surface area contributed by atoms with Gasteiger partial charge in [-0.25, -0.2) is 4.98 Å². The summed E-state index contributed by atoms with van der Waals surface area (Å²) < 4.78 is 0. The van der Waals surface area contributed by atoms with Crippen LogP contribution in [0.3, 0.4) is 0 Å². The molecule has 19 heavy (non-hydrogen) atoms. The molecule has 2 aromatic rings. The van der Waals surface area contributed by atoms with Gasteiger partial charge in [-0.1, -0.05) is 26.8 Å². The van der Waals surface area contributed by atoms with E-state index in [1.807, 2.05) is 16.8 Å². The number of aromatic nitrogens is 1. The van der Waals surface area contributed by atoms with Crippen molar-refractivity contribution in [1.82, 2.24) is 10.3 Å². The lowest BCUT2D eigenvalue weighted by Gasteiger charge is -2.14. The lowest BCUT2D eigenvalue weighted by atomic mass is 10.2. The normalized spacial score (nSPS) is 12.6. The molecule has 0 aliphatic heterocycles. The average molecular weight is 294 g/mol. The van der Waals surface area contributed by atoms with Gasteiger partial charge in [0, 0.05) is 10.3 Å². The van der Waals surface area contributed by atoms with E-state index in [2.05, 4.69) is 37.1 Å². The summed E-state index contributed by atoms with van der Waals surface area (Å²) >= 11 is 3.09. The van der Waals surface area contributed by atoms with E-state index in [4.69, 9.17) is 0 Å². The van der Waals surface area contributed by atoms with Gasteiger partial charge in [0.25, 0.3) is 5.91 Å². The van der Waals surface area contributed by atoms with Crippen molar-refractivity contribution in [3.8, 4) is 0 Å². The Morgan fingerprint density at radius 1 is 1.42 bits per heavy atom. The van der Waals surface area contributed by atoms with Gasteiger partial charge in [0.2, 0.25) is 0 Å². The van der Waals surface area contributed by atoms with E-state index in [1.54, 1.807) is 11.3 Å². The van der Waals surface area contributed by atoms with Crippen LogP contribution in [0.1, 0.15) is 59.5 Å². The summed E-state index contributed by atoms with van der Waals surface area (Å²) in [5.74, 6) is 0.286. The zero-order valence-corrected chi connectivity index (χ0v) is 13.0. The number of carbonyl (C=O) groups excluding carboxylic acids is 1. The van der Waals surface area contributed by atoms with Crippen LogP contribution in [0.2, 0.25) is 0 Å². The van der Waals surface area contributed by atoms with Gasteiger partial charge in [-0.2, -0.15) is 0 Å². The molecule has 0 saturated carbocycles. The number of thiophene rings is 1. The second-order valence-electron chi connectivity index (χ2n) is 4.68. The predicted molar refractivity (Wildman–Crippen MR) is 81.0 cm³/mol. The minimum absolute atomic E-state index is 0.0721. The van der Waals surface area contributed by atoms with Gasteiger partial charge in [-0.05, 0) is 23.8 Å². The molecular weight excluding hydrogens is 276 g/mol. The number of nitrogens with zero attached hydrogens (tertiary/aromatic N) is 1. The smallest absolute Gasteiger partial charge is 0.280 e. The molecule has 3 nitrogen and oxygen atoms in total. The summed E-state index contributed by atoms with van der Waals surface area (Å²) in [6.07, 6.45) is 0.884. The van der Waals surface area contributed by atoms with E-state index < -0.39 is 0 Å². The number of thiazole rings is 1. The van der Waals surface area contributed by atoms with Gasteiger partial charge in [0.1, 0.15) is 0 Å². The molecule has 0 aromatic carbocycles. The van der Waals surface area contributed by atoms with Crippen LogP contribution in [-0.4, -0.2) is 10.9 Å². The van der Waals surface area contributed by atoms with Gasteiger partial charge in [-0.3, -0.25) is 4.79 Å². The maximum Gasteiger partial charge on any atom is 0.280 e. The maximum atomic E-state index is 12.2. The molecule has 0 fully saturated rings. The number of rotatable bonds is 5. The van der Waals surface area contributed by atoms with Crippen LogP contribution in [0.5, 0.6) is 0 Å². The molecule has 2 aromatic heterocycles. The van der Waals surface area contributed by atoms with Gasteiger partial charge >= 0.3 is 0 Å². The highest BCUT2D eigenvalue weighted by atomic mass is 32.1. The molecule has 102 valence electrons. The third-order valence-electron chi connectivity index (χ3n) is 2.91. The first-order chi connectivity index (χ1) is 9.11. The first-order valence-corrected chi connectivity index (χ1v) is 8.17. The quantitative estimate of drug-likeness (QED) is 0.897. The SMILES string of the molecule is CCC(NC(=O)c1nc(C(C)C)cs1)c1cccs1. The van der Waals surface area contributed by atoms with Crippen LogP contribution in [0.15, 0.2) is 22.9 Å². The minimum Gasteiger partial charge on any atom is -0.342 e. The van der Waals surface area contributed by atoms with E-state index in [0.29, 0.717) is 10.9 Å². The van der Waals surface area contributed by atoms with Gasteiger partial charge in [-0.15, -0.1) is 22.7 Å². The Morgan fingerprint density at radius 3 is 2.74 bits per heavy atom. The van der Waals surface area contributed by atoms with Crippen molar-refractivity contribution >= 4 is 28.6 Å². The van der Waals surface area contributed by atoms with Crippen LogP contribution < -0.4 is 5.32 Å². The molecule has 0 radical (unpaired) electrons. The standard InChI is InChI=1S/C14H18N2OS2/c1-4-10(12-6-5-7-18-12)15-13(17)14-16-11(8-19-14)9(2)3/h5-10H,4H2,1-3H3,(H,15,17). The highest BCUT2D eigenvalue weighted by Gasteiger charge is 2.18. The van der Waals surface area contributed by atoms with Crippen LogP contribution in [0, 0.1) is 0 Å². The lowest BCUT2D eigenvalue weighted by molar-refractivity contribution is 0.0935. The zero-order valence-electron chi connectivity index (χ0n) is 11.3. The van der Waals surface area contributed by atoms with Crippen molar-refractivity contribution in [2.45, 2.75) is 39.2 Å². The molecule has 1 atom stereocenters. The summed E-state index contributed by atoms with van der Waals surface area (Å²) in [4.78, 5) is 17.8. The molecule has 2 rings (SSSR count). The first-order valence-electron chi connectivity index (χ1n) is 6.41.